The van der Waals surface area contributed by atoms with Crippen molar-refractivity contribution in [2.45, 2.75) is 6.92 Å². The maximum absolute atomic E-state index is 11.5. The van der Waals surface area contributed by atoms with Crippen LogP contribution in [0.1, 0.15) is 17.3 Å². The van der Waals surface area contributed by atoms with Gasteiger partial charge in [0.15, 0.2) is 0 Å². The molecule has 0 aromatic carbocycles. The number of imide groups is 1. The summed E-state index contributed by atoms with van der Waals surface area (Å²) in [7, 11) is 1.45. The summed E-state index contributed by atoms with van der Waals surface area (Å²) in [5.41, 5.74) is 0.324. The summed E-state index contributed by atoms with van der Waals surface area (Å²) < 4.78 is 4.87. The van der Waals surface area contributed by atoms with E-state index in [0.717, 1.165) is 0 Å². The molecule has 5 nitrogen and oxygen atoms in total. The molecule has 16 heavy (non-hydrogen) atoms. The summed E-state index contributed by atoms with van der Waals surface area (Å²) in [6, 6.07) is 2.96. The number of allylic oxidation sites excluding steroid dienone is 1. The van der Waals surface area contributed by atoms with E-state index in [9.17, 15) is 9.59 Å². The number of pyridine rings is 1. The van der Waals surface area contributed by atoms with Gasteiger partial charge in [-0.25, -0.2) is 4.98 Å². The van der Waals surface area contributed by atoms with Gasteiger partial charge in [-0.1, -0.05) is 6.08 Å². The fourth-order valence-electron chi connectivity index (χ4n) is 1.04. The minimum atomic E-state index is -0.483. The fourth-order valence-corrected chi connectivity index (χ4v) is 1.04. The van der Waals surface area contributed by atoms with Gasteiger partial charge >= 0.3 is 0 Å². The molecular formula is C11H12N2O3. The molecule has 0 aliphatic rings. The zero-order valence-electron chi connectivity index (χ0n) is 9.06. The SMILES string of the molecule is C/C=C\C(=O)NC(=O)c1ccnc(OC)c1. The number of carbonyl (C=O) groups excluding carboxylic acids is 2. The van der Waals surface area contributed by atoms with Gasteiger partial charge in [0.1, 0.15) is 0 Å². The number of hydrogen-bond acceptors (Lipinski definition) is 4. The van der Waals surface area contributed by atoms with Gasteiger partial charge < -0.3 is 4.74 Å². The highest BCUT2D eigenvalue weighted by atomic mass is 16.5. The van der Waals surface area contributed by atoms with Crippen LogP contribution in [0.5, 0.6) is 5.88 Å². The number of methoxy groups -OCH3 is 1. The molecule has 0 spiro atoms. The van der Waals surface area contributed by atoms with E-state index in [1.807, 2.05) is 0 Å². The van der Waals surface area contributed by atoms with Gasteiger partial charge in [-0.2, -0.15) is 0 Å². The van der Waals surface area contributed by atoms with Crippen LogP contribution in [0.25, 0.3) is 0 Å². The summed E-state index contributed by atoms with van der Waals surface area (Å²) in [5, 5.41) is 2.20. The molecule has 0 saturated heterocycles. The van der Waals surface area contributed by atoms with E-state index in [1.165, 1.54) is 31.5 Å². The molecule has 2 amide bonds. The topological polar surface area (TPSA) is 68.3 Å². The summed E-state index contributed by atoms with van der Waals surface area (Å²) in [6.45, 7) is 1.69. The van der Waals surface area contributed by atoms with E-state index in [4.69, 9.17) is 4.74 Å². The van der Waals surface area contributed by atoms with E-state index in [0.29, 0.717) is 11.4 Å². The first-order chi connectivity index (χ1) is 7.67. The number of carbonyl (C=O) groups is 2. The first-order valence-electron chi connectivity index (χ1n) is 4.65. The van der Waals surface area contributed by atoms with Gasteiger partial charge in [-0.15, -0.1) is 0 Å². The third kappa shape index (κ3) is 3.20. The normalized spacial score (nSPS) is 10.1. The molecule has 5 heteroatoms. The Bertz CT molecular complexity index is 427. The molecule has 0 aliphatic heterocycles. The quantitative estimate of drug-likeness (QED) is 0.769. The highest BCUT2D eigenvalue weighted by Gasteiger charge is 2.09. The van der Waals surface area contributed by atoms with E-state index < -0.39 is 11.8 Å². The molecule has 1 heterocycles. The fraction of sp³-hybridized carbons (Fsp3) is 0.182. The lowest BCUT2D eigenvalue weighted by molar-refractivity contribution is -0.115. The smallest absolute Gasteiger partial charge is 0.258 e. The Balaban J connectivity index is 2.76. The zero-order valence-corrected chi connectivity index (χ0v) is 9.06. The molecule has 1 N–H and O–H groups in total. The van der Waals surface area contributed by atoms with Crippen molar-refractivity contribution < 1.29 is 14.3 Å². The molecule has 0 fully saturated rings. The molecule has 0 saturated carbocycles. The summed E-state index contributed by atoms with van der Waals surface area (Å²) >= 11 is 0. The third-order valence-corrected chi connectivity index (χ3v) is 1.76. The Morgan fingerprint density at radius 2 is 2.25 bits per heavy atom. The number of amides is 2. The molecule has 0 atom stereocenters. The van der Waals surface area contributed by atoms with Crippen LogP contribution in [-0.4, -0.2) is 23.9 Å². The second-order valence-corrected chi connectivity index (χ2v) is 2.91. The molecule has 0 bridgehead atoms. The van der Waals surface area contributed by atoms with Crippen molar-refractivity contribution in [1.82, 2.24) is 10.3 Å². The van der Waals surface area contributed by atoms with E-state index >= 15 is 0 Å². The first-order valence-corrected chi connectivity index (χ1v) is 4.65. The van der Waals surface area contributed by atoms with Crippen molar-refractivity contribution >= 4 is 11.8 Å². The molecule has 1 rings (SSSR count). The summed E-state index contributed by atoms with van der Waals surface area (Å²) in [5.74, 6) is -0.613. The largest absolute Gasteiger partial charge is 0.481 e. The van der Waals surface area contributed by atoms with E-state index in [2.05, 4.69) is 10.3 Å². The number of hydrogen-bond donors (Lipinski definition) is 1. The lowest BCUT2D eigenvalue weighted by atomic mass is 10.2. The standard InChI is InChI=1S/C11H12N2O3/c1-3-4-9(14)13-11(15)8-5-6-12-10(7-8)16-2/h3-7H,1-2H3,(H,13,14,15)/b4-3-. The second-order valence-electron chi connectivity index (χ2n) is 2.91. The van der Waals surface area contributed by atoms with Gasteiger partial charge in [0.2, 0.25) is 11.8 Å². The van der Waals surface area contributed by atoms with Crippen molar-refractivity contribution in [3.63, 3.8) is 0 Å². The minimum Gasteiger partial charge on any atom is -0.481 e. The van der Waals surface area contributed by atoms with Crippen molar-refractivity contribution in [1.29, 1.82) is 0 Å². The predicted octanol–water partition coefficient (Wildman–Crippen LogP) is 0.923. The van der Waals surface area contributed by atoms with Crippen LogP contribution in [0, 0.1) is 0 Å². The highest BCUT2D eigenvalue weighted by Crippen LogP contribution is 2.08. The molecule has 1 aromatic rings. The molecule has 0 radical (unpaired) electrons. The number of aromatic nitrogens is 1. The summed E-state index contributed by atoms with van der Waals surface area (Å²) in [4.78, 5) is 26.5. The molecule has 0 unspecified atom stereocenters. The van der Waals surface area contributed by atoms with Gasteiger partial charge in [0.25, 0.3) is 5.91 Å². The number of nitrogens with one attached hydrogen (secondary N) is 1. The lowest BCUT2D eigenvalue weighted by Gasteiger charge is -2.02. The van der Waals surface area contributed by atoms with Gasteiger partial charge in [-0.05, 0) is 19.1 Å². The minimum absolute atomic E-state index is 0.324. The van der Waals surface area contributed by atoms with Crippen LogP contribution in [0.2, 0.25) is 0 Å². The average molecular weight is 220 g/mol. The molecule has 84 valence electrons. The first kappa shape index (κ1) is 11.9. The number of ether oxygens (including phenoxy) is 1. The molecule has 0 aliphatic carbocycles. The van der Waals surface area contributed by atoms with Crippen molar-refractivity contribution in [3.05, 3.63) is 36.0 Å². The predicted molar refractivity (Wildman–Crippen MR) is 58.1 cm³/mol. The Hall–Kier alpha value is -2.17. The van der Waals surface area contributed by atoms with Crippen molar-refractivity contribution in [2.75, 3.05) is 7.11 Å². The van der Waals surface area contributed by atoms with Crippen LogP contribution in [0.3, 0.4) is 0 Å². The van der Waals surface area contributed by atoms with E-state index in [1.54, 1.807) is 13.0 Å². The zero-order chi connectivity index (χ0) is 12.0. The third-order valence-electron chi connectivity index (χ3n) is 1.76. The maximum Gasteiger partial charge on any atom is 0.258 e. The Morgan fingerprint density at radius 1 is 1.50 bits per heavy atom. The van der Waals surface area contributed by atoms with Crippen LogP contribution in [0.15, 0.2) is 30.5 Å². The van der Waals surface area contributed by atoms with Gasteiger partial charge in [0, 0.05) is 17.8 Å². The maximum atomic E-state index is 11.5. The lowest BCUT2D eigenvalue weighted by Crippen LogP contribution is -2.28. The van der Waals surface area contributed by atoms with Gasteiger partial charge in [0.05, 0.1) is 7.11 Å². The average Bonchev–Trinajstić information content (AvgIpc) is 2.29. The van der Waals surface area contributed by atoms with E-state index in [-0.39, 0.29) is 0 Å². The van der Waals surface area contributed by atoms with Gasteiger partial charge in [-0.3, -0.25) is 14.9 Å². The van der Waals surface area contributed by atoms with Crippen LogP contribution >= 0.6 is 0 Å². The van der Waals surface area contributed by atoms with Crippen LogP contribution < -0.4 is 10.1 Å². The number of rotatable bonds is 3. The molecular weight excluding hydrogens is 208 g/mol. The Kier molecular flexibility index (Phi) is 4.20. The van der Waals surface area contributed by atoms with Crippen LogP contribution in [-0.2, 0) is 4.79 Å². The summed E-state index contributed by atoms with van der Waals surface area (Å²) in [6.07, 6.45) is 4.26. The number of nitrogens with zero attached hydrogens (tertiary/aromatic N) is 1. The van der Waals surface area contributed by atoms with Crippen LogP contribution in [0.4, 0.5) is 0 Å². The highest BCUT2D eigenvalue weighted by molar-refractivity contribution is 6.07. The molecule has 1 aromatic heterocycles. The monoisotopic (exact) mass is 220 g/mol. The Morgan fingerprint density at radius 3 is 2.88 bits per heavy atom. The van der Waals surface area contributed by atoms with Crippen molar-refractivity contribution in [3.8, 4) is 5.88 Å². The van der Waals surface area contributed by atoms with Crippen molar-refractivity contribution in [2.24, 2.45) is 0 Å². The second kappa shape index (κ2) is 5.65. The Labute approximate surface area is 93.1 Å².